The van der Waals surface area contributed by atoms with Crippen molar-refractivity contribution in [1.82, 2.24) is 14.6 Å². The summed E-state index contributed by atoms with van der Waals surface area (Å²) >= 11 is 2.98. The maximum atomic E-state index is 12.5. The maximum Gasteiger partial charge on any atom is 0.275 e. The third kappa shape index (κ3) is 4.92. The van der Waals surface area contributed by atoms with Crippen molar-refractivity contribution in [3.05, 3.63) is 56.4 Å². The Labute approximate surface area is 184 Å². The van der Waals surface area contributed by atoms with Gasteiger partial charge in [-0.3, -0.25) is 9.59 Å². The van der Waals surface area contributed by atoms with Gasteiger partial charge in [0.05, 0.1) is 11.4 Å². The van der Waals surface area contributed by atoms with Crippen LogP contribution in [0.4, 0.5) is 5.69 Å². The maximum absolute atomic E-state index is 12.5. The number of rotatable bonds is 6. The number of thioether (sulfide) groups is 1. The molecule has 158 valence electrons. The van der Waals surface area contributed by atoms with E-state index >= 15 is 0 Å². The summed E-state index contributed by atoms with van der Waals surface area (Å²) in [6.07, 6.45) is 6.04. The van der Waals surface area contributed by atoms with Crippen molar-refractivity contribution in [2.75, 3.05) is 11.1 Å². The van der Waals surface area contributed by atoms with Crippen molar-refractivity contribution >= 4 is 39.7 Å². The lowest BCUT2D eigenvalue weighted by Gasteiger charge is -2.18. The average Bonchev–Trinajstić information content (AvgIpc) is 3.16. The van der Waals surface area contributed by atoms with Crippen molar-refractivity contribution < 1.29 is 4.79 Å². The Hall–Kier alpha value is -2.19. The highest BCUT2D eigenvalue weighted by Crippen LogP contribution is 2.34. The minimum Gasteiger partial charge on any atom is -0.325 e. The highest BCUT2D eigenvalue weighted by Gasteiger charge is 2.20. The van der Waals surface area contributed by atoms with E-state index in [1.165, 1.54) is 58.5 Å². The van der Waals surface area contributed by atoms with Gasteiger partial charge in [0.25, 0.3) is 5.56 Å². The van der Waals surface area contributed by atoms with E-state index in [1.807, 2.05) is 32.0 Å². The Kier molecular flexibility index (Phi) is 6.53. The number of aromatic nitrogens is 3. The summed E-state index contributed by atoms with van der Waals surface area (Å²) in [5.41, 5.74) is 3.61. The van der Waals surface area contributed by atoms with Crippen LogP contribution >= 0.6 is 23.1 Å². The monoisotopic (exact) mass is 442 g/mol. The van der Waals surface area contributed by atoms with E-state index in [9.17, 15) is 9.59 Å². The largest absolute Gasteiger partial charge is 0.325 e. The molecule has 1 aromatic carbocycles. The molecule has 2 aromatic heterocycles. The van der Waals surface area contributed by atoms with Gasteiger partial charge in [0.1, 0.15) is 5.01 Å². The molecule has 0 unspecified atom stereocenters. The second kappa shape index (κ2) is 9.31. The van der Waals surface area contributed by atoms with Gasteiger partial charge in [-0.25, -0.2) is 4.98 Å². The van der Waals surface area contributed by atoms with Crippen LogP contribution < -0.4 is 10.9 Å². The first-order valence-corrected chi connectivity index (χ1v) is 12.3. The van der Waals surface area contributed by atoms with E-state index in [-0.39, 0.29) is 11.5 Å². The van der Waals surface area contributed by atoms with Gasteiger partial charge in [0.15, 0.2) is 0 Å². The first-order valence-electron chi connectivity index (χ1n) is 10.3. The molecule has 0 bridgehead atoms. The van der Waals surface area contributed by atoms with Crippen LogP contribution in [0.25, 0.3) is 4.96 Å². The number of carbonyl (C=O) groups excluding carboxylic acids is 1. The minimum absolute atomic E-state index is 0.0536. The van der Waals surface area contributed by atoms with Crippen molar-refractivity contribution in [3.63, 3.8) is 0 Å². The molecule has 1 amide bonds. The van der Waals surface area contributed by atoms with Gasteiger partial charge >= 0.3 is 0 Å². The summed E-state index contributed by atoms with van der Waals surface area (Å²) < 4.78 is 1.43. The third-order valence-electron chi connectivity index (χ3n) is 5.41. The fraction of sp³-hybridized carbons (Fsp3) is 0.455. The quantitative estimate of drug-likeness (QED) is 0.599. The zero-order chi connectivity index (χ0) is 21.1. The van der Waals surface area contributed by atoms with Crippen LogP contribution in [0.2, 0.25) is 0 Å². The van der Waals surface area contributed by atoms with Gasteiger partial charge in [-0.05, 0) is 38.3 Å². The van der Waals surface area contributed by atoms with Gasteiger partial charge in [-0.2, -0.15) is 9.61 Å². The number of amides is 1. The van der Waals surface area contributed by atoms with E-state index < -0.39 is 0 Å². The van der Waals surface area contributed by atoms with E-state index in [0.717, 1.165) is 29.1 Å². The predicted molar refractivity (Wildman–Crippen MR) is 124 cm³/mol. The smallest absolute Gasteiger partial charge is 0.275 e. The summed E-state index contributed by atoms with van der Waals surface area (Å²) in [6, 6.07) is 7.49. The van der Waals surface area contributed by atoms with E-state index in [4.69, 9.17) is 0 Å². The number of aryl methyl sites for hydroxylation is 2. The van der Waals surface area contributed by atoms with E-state index in [1.54, 1.807) is 0 Å². The third-order valence-corrected chi connectivity index (χ3v) is 7.44. The first-order chi connectivity index (χ1) is 14.5. The molecule has 2 heterocycles. The number of nitrogens with zero attached hydrogens (tertiary/aromatic N) is 3. The highest BCUT2D eigenvalue weighted by atomic mass is 32.2. The van der Waals surface area contributed by atoms with Gasteiger partial charge < -0.3 is 5.32 Å². The molecule has 0 aliphatic heterocycles. The normalized spacial score (nSPS) is 14.9. The second-order valence-corrected chi connectivity index (χ2v) is 9.89. The molecule has 0 atom stereocenters. The summed E-state index contributed by atoms with van der Waals surface area (Å²) in [7, 11) is 0. The molecule has 1 aliphatic carbocycles. The summed E-state index contributed by atoms with van der Waals surface area (Å²) in [6.45, 7) is 4.01. The lowest BCUT2D eigenvalue weighted by molar-refractivity contribution is -0.113. The molecular formula is C22H26N4O2S2. The molecular weight excluding hydrogens is 416 g/mol. The molecule has 4 rings (SSSR count). The molecule has 1 saturated carbocycles. The van der Waals surface area contributed by atoms with Crippen LogP contribution in [-0.4, -0.2) is 26.3 Å². The number of anilines is 1. The summed E-state index contributed by atoms with van der Waals surface area (Å²) in [5, 5.41) is 8.51. The van der Waals surface area contributed by atoms with Crippen LogP contribution in [0, 0.1) is 13.8 Å². The van der Waals surface area contributed by atoms with Crippen molar-refractivity contribution in [2.24, 2.45) is 0 Å². The Bertz CT molecular complexity index is 1120. The van der Waals surface area contributed by atoms with Crippen LogP contribution in [-0.2, 0) is 10.5 Å². The number of nitrogens with one attached hydrogen (secondary N) is 1. The molecule has 30 heavy (non-hydrogen) atoms. The summed E-state index contributed by atoms with van der Waals surface area (Å²) in [5.74, 6) is 1.23. The van der Waals surface area contributed by atoms with Crippen LogP contribution in [0.15, 0.2) is 29.1 Å². The minimum atomic E-state index is -0.145. The zero-order valence-corrected chi connectivity index (χ0v) is 18.9. The van der Waals surface area contributed by atoms with Gasteiger partial charge in [-0.15, -0.1) is 11.8 Å². The van der Waals surface area contributed by atoms with Crippen LogP contribution in [0.1, 0.15) is 59.9 Å². The lowest BCUT2D eigenvalue weighted by Crippen LogP contribution is -2.17. The average molecular weight is 443 g/mol. The molecule has 3 aromatic rings. The number of hydrogen-bond acceptors (Lipinski definition) is 6. The second-order valence-electron chi connectivity index (χ2n) is 7.91. The number of benzene rings is 1. The topological polar surface area (TPSA) is 76.4 Å². The molecule has 0 radical (unpaired) electrons. The molecule has 1 N–H and O–H groups in total. The molecule has 6 nitrogen and oxygen atoms in total. The predicted octanol–water partition coefficient (Wildman–Crippen LogP) is 4.69. The van der Waals surface area contributed by atoms with Crippen LogP contribution in [0.5, 0.6) is 0 Å². The number of hydrogen-bond donors (Lipinski definition) is 1. The van der Waals surface area contributed by atoms with Gasteiger partial charge in [-0.1, -0.05) is 48.3 Å². The SMILES string of the molecule is Cc1ccc(NC(=O)CSCc2cc(=O)n3nc(C4CCCCC4)sc3n2)c(C)c1. The Morgan fingerprint density at radius 1 is 1.23 bits per heavy atom. The van der Waals surface area contributed by atoms with Crippen molar-refractivity contribution in [1.29, 1.82) is 0 Å². The standard InChI is InChI=1S/C22H26N4O2S2/c1-14-8-9-18(15(2)10-14)24-19(27)13-29-12-17-11-20(28)26-22(23-17)30-21(25-26)16-6-4-3-5-7-16/h8-11,16H,3-7,12-13H2,1-2H3,(H,24,27). The highest BCUT2D eigenvalue weighted by molar-refractivity contribution is 7.99. The molecule has 8 heteroatoms. The number of fused-ring (bicyclic) bond motifs is 1. The van der Waals surface area contributed by atoms with Crippen molar-refractivity contribution in [2.45, 2.75) is 57.6 Å². The Morgan fingerprint density at radius 3 is 2.80 bits per heavy atom. The van der Waals surface area contributed by atoms with Gasteiger partial charge in [0, 0.05) is 23.4 Å². The van der Waals surface area contributed by atoms with E-state index in [0.29, 0.717) is 28.1 Å². The lowest BCUT2D eigenvalue weighted by atomic mass is 9.90. The van der Waals surface area contributed by atoms with E-state index in [2.05, 4.69) is 15.4 Å². The fourth-order valence-corrected chi connectivity index (χ4v) is 5.66. The Balaban J connectivity index is 1.37. The number of carbonyl (C=O) groups is 1. The molecule has 1 fully saturated rings. The van der Waals surface area contributed by atoms with Crippen LogP contribution in [0.3, 0.4) is 0 Å². The zero-order valence-electron chi connectivity index (χ0n) is 17.3. The fourth-order valence-electron chi connectivity index (χ4n) is 3.85. The summed E-state index contributed by atoms with van der Waals surface area (Å²) in [4.78, 5) is 30.0. The molecule has 0 saturated heterocycles. The molecule has 0 spiro atoms. The molecule has 1 aliphatic rings. The van der Waals surface area contributed by atoms with Crippen molar-refractivity contribution in [3.8, 4) is 0 Å². The van der Waals surface area contributed by atoms with Gasteiger partial charge in [0.2, 0.25) is 10.9 Å². The Morgan fingerprint density at radius 2 is 2.03 bits per heavy atom. The first kappa shape index (κ1) is 21.1.